The van der Waals surface area contributed by atoms with Crippen LogP contribution >= 0.6 is 23.4 Å². The Hall–Kier alpha value is -1.46. The number of nitrogens with zero attached hydrogens (tertiary/aromatic N) is 1. The number of hydrogen-bond acceptors (Lipinski definition) is 5. The summed E-state index contributed by atoms with van der Waals surface area (Å²) in [5, 5.41) is 4.35. The zero-order chi connectivity index (χ0) is 15.0. The quantitative estimate of drug-likeness (QED) is 0.610. The summed E-state index contributed by atoms with van der Waals surface area (Å²) in [6.45, 7) is 0. The number of methoxy groups -OCH3 is 1. The molecular formula is C15H14ClNO3S. The largest absolute Gasteiger partial charge is 0.495 e. The van der Waals surface area contributed by atoms with Gasteiger partial charge in [0.2, 0.25) is 5.78 Å². The molecule has 0 unspecified atom stereocenters. The number of hydrogen-bond donors (Lipinski definition) is 0. The van der Waals surface area contributed by atoms with E-state index in [2.05, 4.69) is 5.16 Å². The Morgan fingerprint density at radius 2 is 2.19 bits per heavy atom. The highest BCUT2D eigenvalue weighted by Gasteiger charge is 2.33. The monoisotopic (exact) mass is 323 g/mol. The molecule has 0 saturated heterocycles. The Kier molecular flexibility index (Phi) is 3.95. The summed E-state index contributed by atoms with van der Waals surface area (Å²) in [4.78, 5) is 13.5. The van der Waals surface area contributed by atoms with Crippen molar-refractivity contribution in [2.45, 2.75) is 23.7 Å². The highest BCUT2D eigenvalue weighted by Crippen LogP contribution is 2.43. The first-order chi connectivity index (χ1) is 10.2. The molecule has 21 heavy (non-hydrogen) atoms. The molecule has 0 spiro atoms. The van der Waals surface area contributed by atoms with Gasteiger partial charge in [0.15, 0.2) is 5.76 Å². The Labute approximate surface area is 131 Å². The number of thioether (sulfide) groups is 1. The van der Waals surface area contributed by atoms with Gasteiger partial charge in [-0.25, -0.2) is 0 Å². The van der Waals surface area contributed by atoms with Gasteiger partial charge in [0.1, 0.15) is 5.75 Å². The number of benzene rings is 1. The van der Waals surface area contributed by atoms with Crippen LogP contribution in [0.25, 0.3) is 0 Å². The molecule has 0 aliphatic heterocycles. The van der Waals surface area contributed by atoms with Gasteiger partial charge in [0.25, 0.3) is 0 Å². The van der Waals surface area contributed by atoms with E-state index in [0.717, 1.165) is 17.7 Å². The fourth-order valence-corrected chi connectivity index (χ4v) is 3.34. The van der Waals surface area contributed by atoms with Gasteiger partial charge in [-0.3, -0.25) is 4.79 Å². The number of rotatable bonds is 5. The third kappa shape index (κ3) is 2.56. The van der Waals surface area contributed by atoms with E-state index < -0.39 is 0 Å². The number of carbonyl (C=O) groups excluding carboxylic acids is 1. The molecule has 0 bridgehead atoms. The van der Waals surface area contributed by atoms with Crippen LogP contribution in [-0.2, 0) is 0 Å². The van der Waals surface area contributed by atoms with Crippen LogP contribution in [0.4, 0.5) is 0 Å². The Bertz CT molecular complexity index is 694. The Morgan fingerprint density at radius 1 is 1.43 bits per heavy atom. The number of halogens is 1. The summed E-state index contributed by atoms with van der Waals surface area (Å²) < 4.78 is 10.6. The van der Waals surface area contributed by atoms with Crippen LogP contribution in [0.2, 0.25) is 5.02 Å². The van der Waals surface area contributed by atoms with E-state index >= 15 is 0 Å². The minimum Gasteiger partial charge on any atom is -0.495 e. The van der Waals surface area contributed by atoms with Gasteiger partial charge in [0.05, 0.1) is 34.4 Å². The molecule has 1 aliphatic rings. The van der Waals surface area contributed by atoms with Crippen molar-refractivity contribution in [1.29, 1.82) is 0 Å². The summed E-state index contributed by atoms with van der Waals surface area (Å²) in [7, 11) is 1.54. The molecule has 110 valence electrons. The zero-order valence-corrected chi connectivity index (χ0v) is 13.3. The smallest absolute Gasteiger partial charge is 0.201 e. The molecule has 1 aromatic carbocycles. The summed E-state index contributed by atoms with van der Waals surface area (Å²) in [6, 6.07) is 3.40. The predicted molar refractivity (Wildman–Crippen MR) is 81.7 cm³/mol. The van der Waals surface area contributed by atoms with Gasteiger partial charge in [0, 0.05) is 5.92 Å². The topological polar surface area (TPSA) is 52.3 Å². The SMILES string of the molecule is COc1c(C(=O)c2cnoc2C2CC2)ccc(Cl)c1SC. The maximum absolute atomic E-state index is 12.8. The fraction of sp³-hybridized carbons (Fsp3) is 0.333. The van der Waals surface area contributed by atoms with Gasteiger partial charge in [-0.05, 0) is 31.2 Å². The normalized spacial score (nSPS) is 14.2. The summed E-state index contributed by atoms with van der Waals surface area (Å²) in [6.07, 6.45) is 5.47. The molecule has 0 radical (unpaired) electrons. The Balaban J connectivity index is 2.07. The van der Waals surface area contributed by atoms with E-state index in [-0.39, 0.29) is 5.78 Å². The van der Waals surface area contributed by atoms with Crippen LogP contribution in [0.3, 0.4) is 0 Å². The minimum absolute atomic E-state index is 0.137. The van der Waals surface area contributed by atoms with E-state index in [9.17, 15) is 4.79 Å². The van der Waals surface area contributed by atoms with Gasteiger partial charge < -0.3 is 9.26 Å². The third-order valence-electron chi connectivity index (χ3n) is 3.51. The van der Waals surface area contributed by atoms with Crippen molar-refractivity contribution < 1.29 is 14.1 Å². The van der Waals surface area contributed by atoms with Crippen LogP contribution in [0.1, 0.15) is 40.4 Å². The van der Waals surface area contributed by atoms with E-state index in [0.29, 0.717) is 33.6 Å². The van der Waals surface area contributed by atoms with Crippen molar-refractivity contribution in [3.8, 4) is 5.75 Å². The first-order valence-corrected chi connectivity index (χ1v) is 8.17. The van der Waals surface area contributed by atoms with Crippen LogP contribution < -0.4 is 4.74 Å². The lowest BCUT2D eigenvalue weighted by atomic mass is 10.0. The minimum atomic E-state index is -0.137. The van der Waals surface area contributed by atoms with Crippen molar-refractivity contribution in [3.05, 3.63) is 40.2 Å². The standard InChI is InChI=1S/C15H14ClNO3S/c1-19-14-9(5-6-11(16)15(14)21-2)12(18)10-7-17-20-13(10)8-3-4-8/h5-8H,3-4H2,1-2H3. The van der Waals surface area contributed by atoms with E-state index in [1.165, 1.54) is 25.1 Å². The number of ether oxygens (including phenoxy) is 1. The highest BCUT2D eigenvalue weighted by atomic mass is 35.5. The second kappa shape index (κ2) is 5.73. The summed E-state index contributed by atoms with van der Waals surface area (Å²) >= 11 is 7.61. The average Bonchev–Trinajstić information content (AvgIpc) is 3.23. The first kappa shape index (κ1) is 14.5. The van der Waals surface area contributed by atoms with E-state index in [1.807, 2.05) is 6.26 Å². The lowest BCUT2D eigenvalue weighted by Gasteiger charge is -2.12. The van der Waals surface area contributed by atoms with Gasteiger partial charge in [-0.2, -0.15) is 0 Å². The lowest BCUT2D eigenvalue weighted by Crippen LogP contribution is -2.06. The maximum Gasteiger partial charge on any atom is 0.201 e. The molecule has 1 fully saturated rings. The van der Waals surface area contributed by atoms with Gasteiger partial charge >= 0.3 is 0 Å². The molecule has 1 aliphatic carbocycles. The van der Waals surface area contributed by atoms with Crippen molar-refractivity contribution in [1.82, 2.24) is 5.16 Å². The highest BCUT2D eigenvalue weighted by molar-refractivity contribution is 7.98. The van der Waals surface area contributed by atoms with Crippen molar-refractivity contribution in [2.24, 2.45) is 0 Å². The van der Waals surface area contributed by atoms with E-state index in [4.69, 9.17) is 20.9 Å². The maximum atomic E-state index is 12.8. The molecular weight excluding hydrogens is 310 g/mol. The van der Waals surface area contributed by atoms with Gasteiger partial charge in [-0.1, -0.05) is 16.8 Å². The molecule has 1 saturated carbocycles. The lowest BCUT2D eigenvalue weighted by molar-refractivity contribution is 0.103. The van der Waals surface area contributed by atoms with Crippen LogP contribution in [0, 0.1) is 0 Å². The zero-order valence-electron chi connectivity index (χ0n) is 11.7. The van der Waals surface area contributed by atoms with Crippen molar-refractivity contribution in [3.63, 3.8) is 0 Å². The average molecular weight is 324 g/mol. The summed E-state index contributed by atoms with van der Waals surface area (Å²) in [5.41, 5.74) is 1.00. The number of ketones is 1. The van der Waals surface area contributed by atoms with Crippen molar-refractivity contribution in [2.75, 3.05) is 13.4 Å². The van der Waals surface area contributed by atoms with Crippen LogP contribution in [0.5, 0.6) is 5.75 Å². The van der Waals surface area contributed by atoms with Crippen LogP contribution in [-0.4, -0.2) is 24.3 Å². The Morgan fingerprint density at radius 3 is 2.81 bits per heavy atom. The van der Waals surface area contributed by atoms with Crippen molar-refractivity contribution >= 4 is 29.1 Å². The molecule has 6 heteroatoms. The molecule has 0 atom stereocenters. The third-order valence-corrected chi connectivity index (χ3v) is 4.75. The summed E-state index contributed by atoms with van der Waals surface area (Å²) in [5.74, 6) is 1.37. The number of aromatic nitrogens is 1. The molecule has 0 N–H and O–H groups in total. The predicted octanol–water partition coefficient (Wildman–Crippen LogP) is 4.17. The molecule has 4 nitrogen and oxygen atoms in total. The van der Waals surface area contributed by atoms with E-state index in [1.54, 1.807) is 12.1 Å². The first-order valence-electron chi connectivity index (χ1n) is 6.57. The molecule has 1 heterocycles. The van der Waals surface area contributed by atoms with Crippen LogP contribution in [0.15, 0.2) is 27.7 Å². The molecule has 1 aromatic heterocycles. The second-order valence-corrected chi connectivity index (χ2v) is 6.09. The molecule has 0 amide bonds. The molecule has 3 rings (SSSR count). The molecule has 2 aromatic rings. The number of carbonyl (C=O) groups is 1. The van der Waals surface area contributed by atoms with Gasteiger partial charge in [-0.15, -0.1) is 11.8 Å². The fourth-order valence-electron chi connectivity index (χ4n) is 2.31. The second-order valence-electron chi connectivity index (χ2n) is 4.87.